The Morgan fingerprint density at radius 1 is 0.561 bits per heavy atom. The van der Waals surface area contributed by atoms with Crippen molar-refractivity contribution in [1.29, 1.82) is 0 Å². The first kappa shape index (κ1) is 53.1. The fraction of sp³-hybridized carbons (Fsp3) is 0.489. The lowest BCUT2D eigenvalue weighted by atomic mass is 10.2. The molecule has 10 heteroatoms. The Kier molecular flexibility index (Phi) is 39.0. The van der Waals surface area contributed by atoms with Gasteiger partial charge in [0.15, 0.2) is 0 Å². The molecule has 0 aromatic heterocycles. The maximum Gasteiger partial charge on any atom is 0.472 e. The maximum atomic E-state index is 12.1. The molecule has 0 bridgehead atoms. The molecule has 2 unspecified atom stereocenters. The zero-order valence-electron chi connectivity index (χ0n) is 34.7. The fourth-order valence-corrected chi connectivity index (χ4v) is 5.32. The number of aliphatic hydroxyl groups excluding tert-OH is 1. The quantitative estimate of drug-likeness (QED) is 0.0247. The third-order valence-electron chi connectivity index (χ3n) is 7.60. The van der Waals surface area contributed by atoms with Crippen LogP contribution in [-0.4, -0.2) is 54.3 Å². The molecule has 0 fully saturated rings. The van der Waals surface area contributed by atoms with Crippen LogP contribution >= 0.6 is 7.82 Å². The van der Waals surface area contributed by atoms with Gasteiger partial charge >= 0.3 is 13.8 Å². The van der Waals surface area contributed by atoms with E-state index in [2.05, 4.69) is 135 Å². The SMILES string of the molecule is CC/C=C\C/C=C\C/C=C\C/C=C\C/C=C\C/C=C\C/C=C\CC(=O)NCCOP(=O)(O)OCC(O)COC(=O)CCCC/C=C\C/C=C\C/C=C\C/C=C\CC. The molecule has 0 aliphatic heterocycles. The summed E-state index contributed by atoms with van der Waals surface area (Å²) >= 11 is 0. The van der Waals surface area contributed by atoms with Crippen LogP contribution in [0.4, 0.5) is 0 Å². The number of amides is 1. The zero-order valence-corrected chi connectivity index (χ0v) is 35.6. The Bertz CT molecular complexity index is 1380. The number of ether oxygens (including phenoxy) is 1. The van der Waals surface area contributed by atoms with Crippen LogP contribution in [0.3, 0.4) is 0 Å². The van der Waals surface area contributed by atoms with Crippen molar-refractivity contribution < 1.29 is 37.9 Å². The minimum absolute atomic E-state index is 0.0101. The average Bonchev–Trinajstić information content (AvgIpc) is 3.20. The molecule has 318 valence electrons. The minimum atomic E-state index is -4.46. The summed E-state index contributed by atoms with van der Waals surface area (Å²) in [6.07, 6.45) is 58.4. The summed E-state index contributed by atoms with van der Waals surface area (Å²) < 4.78 is 26.7. The molecule has 0 aliphatic rings. The van der Waals surface area contributed by atoms with E-state index in [1.165, 1.54) is 0 Å². The van der Waals surface area contributed by atoms with Gasteiger partial charge in [-0.05, 0) is 89.9 Å². The summed E-state index contributed by atoms with van der Waals surface area (Å²) in [5, 5.41) is 12.6. The van der Waals surface area contributed by atoms with E-state index in [0.717, 1.165) is 77.0 Å². The molecule has 0 aromatic rings. The molecule has 0 aliphatic carbocycles. The molecule has 0 aromatic carbocycles. The number of rotatable bonds is 36. The third kappa shape index (κ3) is 43.1. The number of allylic oxidation sites excluding steroid dienone is 21. The first-order valence-corrected chi connectivity index (χ1v) is 22.2. The average molecular weight is 810 g/mol. The molecule has 0 radical (unpaired) electrons. The molecule has 1 amide bonds. The number of nitrogens with one attached hydrogen (secondary N) is 1. The van der Waals surface area contributed by atoms with Crippen molar-refractivity contribution in [3.05, 3.63) is 134 Å². The van der Waals surface area contributed by atoms with E-state index in [0.29, 0.717) is 12.8 Å². The van der Waals surface area contributed by atoms with Crippen molar-refractivity contribution in [1.82, 2.24) is 5.32 Å². The van der Waals surface area contributed by atoms with Crippen molar-refractivity contribution >= 4 is 19.7 Å². The van der Waals surface area contributed by atoms with E-state index in [1.807, 2.05) is 12.2 Å². The van der Waals surface area contributed by atoms with Crippen molar-refractivity contribution in [3.8, 4) is 0 Å². The van der Waals surface area contributed by atoms with Crippen LogP contribution in [0.2, 0.25) is 0 Å². The fourth-order valence-electron chi connectivity index (χ4n) is 4.56. The highest BCUT2D eigenvalue weighted by molar-refractivity contribution is 7.47. The first-order valence-electron chi connectivity index (χ1n) is 20.7. The van der Waals surface area contributed by atoms with Crippen LogP contribution in [0.5, 0.6) is 0 Å². The molecule has 2 atom stereocenters. The summed E-state index contributed by atoms with van der Waals surface area (Å²) in [5.74, 6) is -0.708. The number of phosphoric acid groups is 1. The number of unbranched alkanes of at least 4 members (excludes halogenated alkanes) is 2. The summed E-state index contributed by atoms with van der Waals surface area (Å²) in [4.78, 5) is 33.8. The van der Waals surface area contributed by atoms with Crippen LogP contribution in [0.25, 0.3) is 0 Å². The number of carbonyl (C=O) groups is 2. The van der Waals surface area contributed by atoms with E-state index in [1.54, 1.807) is 6.08 Å². The highest BCUT2D eigenvalue weighted by Gasteiger charge is 2.23. The second-order valence-corrected chi connectivity index (χ2v) is 14.3. The summed E-state index contributed by atoms with van der Waals surface area (Å²) in [5.41, 5.74) is 0. The molecule has 3 N–H and O–H groups in total. The van der Waals surface area contributed by atoms with Gasteiger partial charge in [0.1, 0.15) is 12.7 Å². The Labute approximate surface area is 344 Å². The van der Waals surface area contributed by atoms with Crippen LogP contribution in [0, 0.1) is 0 Å². The highest BCUT2D eigenvalue weighted by Crippen LogP contribution is 2.42. The van der Waals surface area contributed by atoms with Gasteiger partial charge in [0.25, 0.3) is 0 Å². The summed E-state index contributed by atoms with van der Waals surface area (Å²) in [6.45, 7) is 3.10. The van der Waals surface area contributed by atoms with E-state index >= 15 is 0 Å². The van der Waals surface area contributed by atoms with Gasteiger partial charge in [-0.3, -0.25) is 18.6 Å². The maximum absolute atomic E-state index is 12.1. The largest absolute Gasteiger partial charge is 0.472 e. The van der Waals surface area contributed by atoms with Crippen LogP contribution in [0.15, 0.2) is 134 Å². The highest BCUT2D eigenvalue weighted by atomic mass is 31.2. The van der Waals surface area contributed by atoms with Crippen molar-refractivity contribution in [3.63, 3.8) is 0 Å². The lowest BCUT2D eigenvalue weighted by Crippen LogP contribution is -2.26. The zero-order chi connectivity index (χ0) is 41.8. The van der Waals surface area contributed by atoms with Crippen molar-refractivity contribution in [2.24, 2.45) is 0 Å². The van der Waals surface area contributed by atoms with Gasteiger partial charge in [-0.15, -0.1) is 0 Å². The molecule has 57 heavy (non-hydrogen) atoms. The summed E-state index contributed by atoms with van der Waals surface area (Å²) in [7, 11) is -4.46. The number of hydrogen-bond acceptors (Lipinski definition) is 7. The second-order valence-electron chi connectivity index (χ2n) is 12.9. The second kappa shape index (κ2) is 41.8. The number of phosphoric ester groups is 1. The van der Waals surface area contributed by atoms with Gasteiger partial charge in [-0.1, -0.05) is 148 Å². The molecule has 9 nitrogen and oxygen atoms in total. The third-order valence-corrected chi connectivity index (χ3v) is 8.59. The van der Waals surface area contributed by atoms with Gasteiger partial charge < -0.3 is 20.1 Å². The Morgan fingerprint density at radius 3 is 1.40 bits per heavy atom. The van der Waals surface area contributed by atoms with E-state index in [4.69, 9.17) is 13.8 Å². The van der Waals surface area contributed by atoms with Gasteiger partial charge in [-0.25, -0.2) is 4.57 Å². The predicted octanol–water partition coefficient (Wildman–Crippen LogP) is 11.5. The number of aliphatic hydroxyl groups is 1. The Balaban J connectivity index is 3.84. The Morgan fingerprint density at radius 2 is 0.965 bits per heavy atom. The minimum Gasteiger partial charge on any atom is -0.463 e. The Hall–Kier alpha value is -3.85. The number of hydrogen-bond donors (Lipinski definition) is 3. The first-order chi connectivity index (χ1) is 27.8. The molecule has 0 spiro atoms. The lowest BCUT2D eigenvalue weighted by molar-refractivity contribution is -0.147. The molecule has 0 saturated heterocycles. The lowest BCUT2D eigenvalue weighted by Gasteiger charge is -2.15. The normalized spacial score (nSPS) is 14.7. The number of carbonyl (C=O) groups excluding carboxylic acids is 2. The number of esters is 1. The smallest absolute Gasteiger partial charge is 0.463 e. The molecule has 0 saturated carbocycles. The monoisotopic (exact) mass is 809 g/mol. The van der Waals surface area contributed by atoms with Crippen molar-refractivity contribution in [2.45, 2.75) is 123 Å². The predicted molar refractivity (Wildman–Crippen MR) is 237 cm³/mol. The van der Waals surface area contributed by atoms with Crippen molar-refractivity contribution in [2.75, 3.05) is 26.4 Å². The standard InChI is InChI=1S/C47H72NO8P/c1-3-5-7-9-11-13-15-17-19-20-21-22-23-24-26-27-29-31-33-35-37-39-46(50)48-41-42-55-57(52,53)56-44-45(49)43-54-47(51)40-38-36-34-32-30-28-25-18-16-14-12-10-8-6-4-2/h5-8,11-14,17-19,21-22,24-26,29-32,35,37,45,49H,3-4,9-10,15-16,20,23,27-28,33-34,36,38-44H2,1-2H3,(H,48,50)(H,52,53)/b7-5-,8-6-,13-11-,14-12-,19-17-,22-21-,25-18-,26-24-,31-29-,32-30-,37-35-. The summed E-state index contributed by atoms with van der Waals surface area (Å²) in [6, 6.07) is 0. The van der Waals surface area contributed by atoms with Crippen LogP contribution in [-0.2, 0) is 27.9 Å². The van der Waals surface area contributed by atoms with Crippen LogP contribution < -0.4 is 5.32 Å². The van der Waals surface area contributed by atoms with Gasteiger partial charge in [0, 0.05) is 19.4 Å². The van der Waals surface area contributed by atoms with Crippen LogP contribution in [0.1, 0.15) is 117 Å². The van der Waals surface area contributed by atoms with Gasteiger partial charge in [0.05, 0.1) is 13.2 Å². The van der Waals surface area contributed by atoms with Gasteiger partial charge in [-0.2, -0.15) is 0 Å². The molecular weight excluding hydrogens is 737 g/mol. The molecule has 0 rings (SSSR count). The van der Waals surface area contributed by atoms with E-state index < -0.39 is 26.5 Å². The van der Waals surface area contributed by atoms with E-state index in [9.17, 15) is 24.2 Å². The molecular formula is C47H72NO8P. The topological polar surface area (TPSA) is 131 Å². The van der Waals surface area contributed by atoms with E-state index in [-0.39, 0.29) is 38.5 Å². The molecule has 0 heterocycles. The van der Waals surface area contributed by atoms with Gasteiger partial charge in [0.2, 0.25) is 5.91 Å².